The molecule has 1 heterocycles. The second-order valence-corrected chi connectivity index (χ2v) is 6.27. The number of rotatable bonds is 6. The molecule has 5 heteroatoms. The maximum Gasteiger partial charge on any atom is 0.128 e. The predicted molar refractivity (Wildman–Crippen MR) is 83.5 cm³/mol. The fraction of sp³-hybridized carbons (Fsp3) is 0.500. The van der Waals surface area contributed by atoms with Crippen molar-refractivity contribution in [3.8, 4) is 5.75 Å². The van der Waals surface area contributed by atoms with Gasteiger partial charge in [-0.3, -0.25) is 0 Å². The predicted octanol–water partition coefficient (Wildman–Crippen LogP) is 1.79. The molecular formula is C16H24N2O3. The first-order valence-electron chi connectivity index (χ1n) is 7.16. The van der Waals surface area contributed by atoms with Crippen LogP contribution in [0, 0.1) is 0 Å². The van der Waals surface area contributed by atoms with Crippen LogP contribution in [0.5, 0.6) is 5.75 Å². The molecule has 1 unspecified atom stereocenters. The third-order valence-electron chi connectivity index (χ3n) is 3.15. The molecule has 2 aromatic rings. The van der Waals surface area contributed by atoms with Crippen molar-refractivity contribution >= 4 is 10.9 Å². The molecule has 0 saturated carbocycles. The average Bonchev–Trinajstić information content (AvgIpc) is 2.85. The van der Waals surface area contributed by atoms with E-state index in [1.54, 1.807) is 0 Å². The van der Waals surface area contributed by atoms with Crippen molar-refractivity contribution in [2.75, 3.05) is 13.2 Å². The monoisotopic (exact) mass is 292 g/mol. The topological polar surface area (TPSA) is 77.5 Å². The molecule has 0 aliphatic rings. The zero-order valence-electron chi connectivity index (χ0n) is 12.8. The maximum atomic E-state index is 9.96. The van der Waals surface area contributed by atoms with Gasteiger partial charge in [-0.1, -0.05) is 6.07 Å². The number of aliphatic hydroxyl groups excluding tert-OH is 2. The summed E-state index contributed by atoms with van der Waals surface area (Å²) in [6.45, 7) is 6.83. The van der Waals surface area contributed by atoms with E-state index in [0.717, 1.165) is 16.6 Å². The maximum absolute atomic E-state index is 9.96. The van der Waals surface area contributed by atoms with Gasteiger partial charge in [0.2, 0.25) is 0 Å². The van der Waals surface area contributed by atoms with Crippen LogP contribution >= 0.6 is 0 Å². The molecule has 1 atom stereocenters. The highest BCUT2D eigenvalue weighted by Gasteiger charge is 2.13. The molecule has 0 amide bonds. The van der Waals surface area contributed by atoms with Gasteiger partial charge in [-0.15, -0.1) is 0 Å². The summed E-state index contributed by atoms with van der Waals surface area (Å²) in [6, 6.07) is 7.54. The van der Waals surface area contributed by atoms with E-state index in [0.29, 0.717) is 12.3 Å². The van der Waals surface area contributed by atoms with Gasteiger partial charge in [0.15, 0.2) is 0 Å². The summed E-state index contributed by atoms with van der Waals surface area (Å²) in [7, 11) is 0. The molecule has 1 aromatic heterocycles. The summed E-state index contributed by atoms with van der Waals surface area (Å²) < 4.78 is 5.71. The summed E-state index contributed by atoms with van der Waals surface area (Å²) in [4.78, 5) is 3.11. The smallest absolute Gasteiger partial charge is 0.128 e. The number of hydrogen-bond donors (Lipinski definition) is 4. The van der Waals surface area contributed by atoms with Gasteiger partial charge in [-0.25, -0.2) is 0 Å². The number of ether oxygens (including phenoxy) is 1. The second-order valence-electron chi connectivity index (χ2n) is 6.27. The van der Waals surface area contributed by atoms with Crippen LogP contribution in [0.3, 0.4) is 0 Å². The van der Waals surface area contributed by atoms with Crippen molar-refractivity contribution in [1.82, 2.24) is 10.3 Å². The fourth-order valence-corrected chi connectivity index (χ4v) is 2.07. The molecule has 0 aliphatic carbocycles. The lowest BCUT2D eigenvalue weighted by Gasteiger charge is -2.23. The Morgan fingerprint density at radius 1 is 1.33 bits per heavy atom. The Balaban J connectivity index is 1.98. The van der Waals surface area contributed by atoms with Gasteiger partial charge in [-0.05, 0) is 39.0 Å². The first-order chi connectivity index (χ1) is 9.89. The molecule has 0 bridgehead atoms. The van der Waals surface area contributed by atoms with Gasteiger partial charge in [-0.2, -0.15) is 0 Å². The van der Waals surface area contributed by atoms with E-state index >= 15 is 0 Å². The molecule has 4 N–H and O–H groups in total. The molecule has 0 spiro atoms. The van der Waals surface area contributed by atoms with E-state index in [1.165, 1.54) is 0 Å². The van der Waals surface area contributed by atoms with Crippen LogP contribution in [-0.2, 0) is 6.61 Å². The first-order valence-corrected chi connectivity index (χ1v) is 7.16. The standard InChI is InChI=1S/C16H24N2O3/c1-16(2,3)17-8-12(20)10-21-15-6-4-5-14-13(15)7-11(9-19)18-14/h4-7,12,17-20H,8-10H2,1-3H3. The van der Waals surface area contributed by atoms with E-state index < -0.39 is 6.10 Å². The van der Waals surface area contributed by atoms with E-state index in [2.05, 4.69) is 31.1 Å². The molecule has 0 fully saturated rings. The SMILES string of the molecule is CC(C)(C)NCC(O)COc1cccc2[nH]c(CO)cc12. The highest BCUT2D eigenvalue weighted by Crippen LogP contribution is 2.26. The minimum Gasteiger partial charge on any atom is -0.490 e. The molecular weight excluding hydrogens is 268 g/mol. The third-order valence-corrected chi connectivity index (χ3v) is 3.15. The third kappa shape index (κ3) is 4.46. The van der Waals surface area contributed by atoms with Crippen LogP contribution < -0.4 is 10.1 Å². The lowest BCUT2D eigenvalue weighted by Crippen LogP contribution is -2.42. The summed E-state index contributed by atoms with van der Waals surface area (Å²) in [6.07, 6.45) is -0.573. The highest BCUT2D eigenvalue weighted by molar-refractivity contribution is 5.86. The van der Waals surface area contributed by atoms with E-state index in [1.807, 2.05) is 24.3 Å². The molecule has 0 aliphatic heterocycles. The Morgan fingerprint density at radius 3 is 2.76 bits per heavy atom. The van der Waals surface area contributed by atoms with Crippen LogP contribution in [0.25, 0.3) is 10.9 Å². The fourth-order valence-electron chi connectivity index (χ4n) is 2.07. The molecule has 116 valence electrons. The number of benzene rings is 1. The van der Waals surface area contributed by atoms with Crippen LogP contribution in [0.4, 0.5) is 0 Å². The van der Waals surface area contributed by atoms with Crippen molar-refractivity contribution in [3.63, 3.8) is 0 Å². The molecule has 0 radical (unpaired) electrons. The minimum absolute atomic E-state index is 0.0301. The lowest BCUT2D eigenvalue weighted by molar-refractivity contribution is 0.101. The number of hydrogen-bond acceptors (Lipinski definition) is 4. The second kappa shape index (κ2) is 6.47. The summed E-state index contributed by atoms with van der Waals surface area (Å²) in [5.41, 5.74) is 1.63. The Bertz CT molecular complexity index is 587. The number of aliphatic hydroxyl groups is 2. The van der Waals surface area contributed by atoms with Crippen molar-refractivity contribution in [2.24, 2.45) is 0 Å². The van der Waals surface area contributed by atoms with E-state index in [9.17, 15) is 10.2 Å². The Kier molecular flexibility index (Phi) is 4.88. The Hall–Kier alpha value is -1.56. The van der Waals surface area contributed by atoms with Gasteiger partial charge in [0, 0.05) is 28.7 Å². The van der Waals surface area contributed by atoms with Crippen molar-refractivity contribution in [1.29, 1.82) is 0 Å². The minimum atomic E-state index is -0.573. The van der Waals surface area contributed by atoms with Crippen LogP contribution in [0.15, 0.2) is 24.3 Å². The normalized spacial score (nSPS) is 13.6. The van der Waals surface area contributed by atoms with Gasteiger partial charge < -0.3 is 25.3 Å². The van der Waals surface area contributed by atoms with E-state index in [-0.39, 0.29) is 18.8 Å². The van der Waals surface area contributed by atoms with Crippen LogP contribution in [0.2, 0.25) is 0 Å². The number of aromatic amines is 1. The number of H-pyrrole nitrogens is 1. The summed E-state index contributed by atoms with van der Waals surface area (Å²) in [5, 5.41) is 23.3. The highest BCUT2D eigenvalue weighted by atomic mass is 16.5. The molecule has 2 rings (SSSR count). The van der Waals surface area contributed by atoms with Crippen molar-refractivity contribution in [2.45, 2.75) is 39.0 Å². The number of aromatic nitrogens is 1. The van der Waals surface area contributed by atoms with Crippen LogP contribution in [-0.4, -0.2) is 40.0 Å². The first kappa shape index (κ1) is 15.8. The van der Waals surface area contributed by atoms with Gasteiger partial charge in [0.1, 0.15) is 18.5 Å². The van der Waals surface area contributed by atoms with E-state index in [4.69, 9.17) is 4.74 Å². The van der Waals surface area contributed by atoms with Crippen LogP contribution in [0.1, 0.15) is 26.5 Å². The summed E-state index contributed by atoms with van der Waals surface area (Å²) >= 11 is 0. The average molecular weight is 292 g/mol. The van der Waals surface area contributed by atoms with Crippen molar-refractivity contribution < 1.29 is 14.9 Å². The van der Waals surface area contributed by atoms with Crippen molar-refractivity contribution in [3.05, 3.63) is 30.0 Å². The molecule has 0 saturated heterocycles. The lowest BCUT2D eigenvalue weighted by atomic mass is 10.1. The number of β-amino-alcohol motifs (C(OH)–C–C–N with tert-alkyl or cyclic N) is 1. The number of nitrogens with one attached hydrogen (secondary N) is 2. The zero-order chi connectivity index (χ0) is 15.5. The number of fused-ring (bicyclic) bond motifs is 1. The summed E-state index contributed by atoms with van der Waals surface area (Å²) in [5.74, 6) is 0.707. The van der Waals surface area contributed by atoms with Gasteiger partial charge in [0.25, 0.3) is 0 Å². The molecule has 1 aromatic carbocycles. The van der Waals surface area contributed by atoms with Gasteiger partial charge in [0.05, 0.1) is 6.61 Å². The molecule has 21 heavy (non-hydrogen) atoms. The zero-order valence-corrected chi connectivity index (χ0v) is 12.8. The Labute approximate surface area is 124 Å². The molecule has 5 nitrogen and oxygen atoms in total. The quantitative estimate of drug-likeness (QED) is 0.654. The Morgan fingerprint density at radius 2 is 2.10 bits per heavy atom. The van der Waals surface area contributed by atoms with Gasteiger partial charge >= 0.3 is 0 Å². The largest absolute Gasteiger partial charge is 0.490 e.